The fourth-order valence-electron chi connectivity index (χ4n) is 2.87. The summed E-state index contributed by atoms with van der Waals surface area (Å²) in [6.45, 7) is 6.73. The third-order valence-corrected chi connectivity index (χ3v) is 4.64. The summed E-state index contributed by atoms with van der Waals surface area (Å²) < 4.78 is 21.9. The van der Waals surface area contributed by atoms with Crippen molar-refractivity contribution in [1.29, 1.82) is 0 Å². The van der Waals surface area contributed by atoms with E-state index in [4.69, 9.17) is 18.6 Å². The second-order valence-corrected chi connectivity index (χ2v) is 7.85. The number of ether oxygens (including phenoxy) is 3. The molecule has 3 aromatic rings. The molecular formula is C24H27NO5. The van der Waals surface area contributed by atoms with Crippen molar-refractivity contribution < 1.29 is 23.4 Å². The highest BCUT2D eigenvalue weighted by Gasteiger charge is 2.15. The second kappa shape index (κ2) is 8.95. The minimum atomic E-state index is -0.376. The van der Waals surface area contributed by atoms with Gasteiger partial charge in [-0.25, -0.2) is 0 Å². The smallest absolute Gasteiger partial charge is 0.291 e. The summed E-state index contributed by atoms with van der Waals surface area (Å²) >= 11 is 0. The number of carbonyl (C=O) groups excluding carboxylic acids is 1. The first-order valence-corrected chi connectivity index (χ1v) is 9.65. The summed E-state index contributed by atoms with van der Waals surface area (Å²) in [5.41, 5.74) is 1.85. The number of amides is 1. The Bertz CT molecular complexity index is 999. The summed E-state index contributed by atoms with van der Waals surface area (Å²) in [5.74, 6) is 2.25. The van der Waals surface area contributed by atoms with Crippen LogP contribution in [0.1, 0.15) is 42.6 Å². The van der Waals surface area contributed by atoms with Crippen LogP contribution < -0.4 is 19.5 Å². The van der Waals surface area contributed by atoms with E-state index in [1.807, 2.05) is 12.1 Å². The lowest BCUT2D eigenvalue weighted by molar-refractivity contribution is 0.0992. The van der Waals surface area contributed by atoms with Gasteiger partial charge in [0.25, 0.3) is 5.91 Å². The molecule has 158 valence electrons. The Morgan fingerprint density at radius 1 is 0.933 bits per heavy atom. The molecule has 0 aliphatic carbocycles. The van der Waals surface area contributed by atoms with Crippen LogP contribution in [0.2, 0.25) is 0 Å². The van der Waals surface area contributed by atoms with Crippen molar-refractivity contribution in [2.24, 2.45) is 0 Å². The van der Waals surface area contributed by atoms with Gasteiger partial charge in [0.2, 0.25) is 0 Å². The highest BCUT2D eigenvalue weighted by molar-refractivity contribution is 6.03. The topological polar surface area (TPSA) is 69.9 Å². The van der Waals surface area contributed by atoms with Gasteiger partial charge in [-0.3, -0.25) is 4.79 Å². The number of benzene rings is 2. The van der Waals surface area contributed by atoms with Gasteiger partial charge in [0.15, 0.2) is 5.76 Å². The first kappa shape index (κ1) is 21.3. The molecule has 30 heavy (non-hydrogen) atoms. The van der Waals surface area contributed by atoms with E-state index < -0.39 is 0 Å². The van der Waals surface area contributed by atoms with Crippen molar-refractivity contribution >= 4 is 11.6 Å². The summed E-state index contributed by atoms with van der Waals surface area (Å²) in [5, 5.41) is 2.78. The van der Waals surface area contributed by atoms with Crippen LogP contribution in [0.3, 0.4) is 0 Å². The summed E-state index contributed by atoms with van der Waals surface area (Å²) in [7, 11) is 3.10. The van der Waals surface area contributed by atoms with E-state index >= 15 is 0 Å². The monoisotopic (exact) mass is 409 g/mol. The molecular weight excluding hydrogens is 382 g/mol. The molecule has 1 aromatic heterocycles. The average Bonchev–Trinajstić information content (AvgIpc) is 3.21. The molecule has 6 heteroatoms. The number of carbonyl (C=O) groups is 1. The Morgan fingerprint density at radius 3 is 2.27 bits per heavy atom. The van der Waals surface area contributed by atoms with Gasteiger partial charge in [0, 0.05) is 6.07 Å². The lowest BCUT2D eigenvalue weighted by atomic mass is 9.87. The number of rotatable bonds is 7. The predicted octanol–water partition coefficient (Wildman–Crippen LogP) is 5.43. The van der Waals surface area contributed by atoms with Gasteiger partial charge >= 0.3 is 0 Å². The van der Waals surface area contributed by atoms with E-state index in [2.05, 4.69) is 38.2 Å². The number of anilines is 1. The zero-order chi connectivity index (χ0) is 21.7. The maximum Gasteiger partial charge on any atom is 0.291 e. The maximum atomic E-state index is 12.5. The normalized spacial score (nSPS) is 11.1. The average molecular weight is 409 g/mol. The Kier molecular flexibility index (Phi) is 6.35. The number of hydrogen-bond donors (Lipinski definition) is 1. The van der Waals surface area contributed by atoms with Crippen LogP contribution in [0, 0.1) is 0 Å². The summed E-state index contributed by atoms with van der Waals surface area (Å²) in [6.07, 6.45) is 0. The van der Waals surface area contributed by atoms with Crippen LogP contribution in [0.25, 0.3) is 0 Å². The molecule has 1 heterocycles. The Morgan fingerprint density at radius 2 is 1.63 bits per heavy atom. The van der Waals surface area contributed by atoms with Crippen molar-refractivity contribution in [3.63, 3.8) is 0 Å². The minimum Gasteiger partial charge on any atom is -0.497 e. The quantitative estimate of drug-likeness (QED) is 0.564. The fraction of sp³-hybridized carbons (Fsp3) is 0.292. The van der Waals surface area contributed by atoms with Crippen molar-refractivity contribution in [2.75, 3.05) is 19.5 Å². The molecule has 1 N–H and O–H groups in total. The van der Waals surface area contributed by atoms with Crippen LogP contribution in [-0.4, -0.2) is 20.1 Å². The lowest BCUT2D eigenvalue weighted by Gasteiger charge is -2.19. The predicted molar refractivity (Wildman–Crippen MR) is 116 cm³/mol. The molecule has 0 spiro atoms. The van der Waals surface area contributed by atoms with Gasteiger partial charge in [-0.1, -0.05) is 32.9 Å². The van der Waals surface area contributed by atoms with Gasteiger partial charge < -0.3 is 23.9 Å². The van der Waals surface area contributed by atoms with Crippen LogP contribution in [-0.2, 0) is 12.0 Å². The second-order valence-electron chi connectivity index (χ2n) is 7.85. The molecule has 0 aliphatic rings. The van der Waals surface area contributed by atoms with Crippen LogP contribution in [0.5, 0.6) is 17.2 Å². The number of furan rings is 1. The van der Waals surface area contributed by atoms with Crippen LogP contribution >= 0.6 is 0 Å². The van der Waals surface area contributed by atoms with Crippen LogP contribution in [0.15, 0.2) is 59.0 Å². The largest absolute Gasteiger partial charge is 0.497 e. The lowest BCUT2D eigenvalue weighted by Crippen LogP contribution is -2.11. The minimum absolute atomic E-state index is 0.0916. The third-order valence-electron chi connectivity index (χ3n) is 4.64. The van der Waals surface area contributed by atoms with E-state index in [0.717, 1.165) is 5.75 Å². The Labute approximate surface area is 176 Å². The van der Waals surface area contributed by atoms with Crippen molar-refractivity contribution in [3.8, 4) is 17.2 Å². The first-order valence-electron chi connectivity index (χ1n) is 9.65. The molecule has 1 amide bonds. The molecule has 0 saturated carbocycles. The highest BCUT2D eigenvalue weighted by atomic mass is 16.5. The molecule has 2 aromatic carbocycles. The number of hydrogen-bond acceptors (Lipinski definition) is 5. The summed E-state index contributed by atoms with van der Waals surface area (Å²) in [4.78, 5) is 12.5. The molecule has 0 unspecified atom stereocenters. The Hall–Kier alpha value is -3.41. The van der Waals surface area contributed by atoms with Crippen molar-refractivity contribution in [2.45, 2.75) is 32.8 Å². The molecule has 3 rings (SSSR count). The van der Waals surface area contributed by atoms with E-state index in [1.54, 1.807) is 37.4 Å². The van der Waals surface area contributed by atoms with Crippen molar-refractivity contribution in [1.82, 2.24) is 0 Å². The molecule has 0 bridgehead atoms. The van der Waals surface area contributed by atoms with Gasteiger partial charge in [0.05, 0.1) is 19.9 Å². The first-order chi connectivity index (χ1) is 14.3. The number of methoxy groups -OCH3 is 2. The molecule has 0 radical (unpaired) electrons. The van der Waals surface area contributed by atoms with E-state index in [0.29, 0.717) is 22.9 Å². The SMILES string of the molecule is COc1ccc(NC(=O)c2ccc(COc3ccc(C(C)(C)C)cc3)o2)c(OC)c1. The molecule has 0 aliphatic heterocycles. The van der Waals surface area contributed by atoms with Crippen molar-refractivity contribution in [3.05, 3.63) is 71.7 Å². The Balaban J connectivity index is 1.61. The van der Waals surface area contributed by atoms with Gasteiger partial charge in [-0.2, -0.15) is 0 Å². The van der Waals surface area contributed by atoms with Gasteiger partial charge in [0.1, 0.15) is 29.6 Å². The van der Waals surface area contributed by atoms with Gasteiger partial charge in [-0.15, -0.1) is 0 Å². The zero-order valence-electron chi connectivity index (χ0n) is 17.9. The highest BCUT2D eigenvalue weighted by Crippen LogP contribution is 2.29. The number of nitrogens with one attached hydrogen (secondary N) is 1. The molecule has 0 fully saturated rings. The fourth-order valence-corrected chi connectivity index (χ4v) is 2.87. The third kappa shape index (κ3) is 5.14. The molecule has 0 atom stereocenters. The zero-order valence-corrected chi connectivity index (χ0v) is 17.9. The van der Waals surface area contributed by atoms with Crippen LogP contribution in [0.4, 0.5) is 5.69 Å². The standard InChI is InChI=1S/C24H27NO5/c1-24(2,3)16-6-8-17(9-7-16)29-15-19-11-13-21(30-19)23(26)25-20-12-10-18(27-4)14-22(20)28-5/h6-14H,15H2,1-5H3,(H,25,26). The summed E-state index contributed by atoms with van der Waals surface area (Å²) in [6, 6.07) is 16.5. The molecule has 6 nitrogen and oxygen atoms in total. The maximum absolute atomic E-state index is 12.5. The van der Waals surface area contributed by atoms with E-state index in [-0.39, 0.29) is 23.7 Å². The molecule has 0 saturated heterocycles. The van der Waals surface area contributed by atoms with Gasteiger partial charge in [-0.05, 0) is 47.4 Å². The van der Waals surface area contributed by atoms with E-state index in [1.165, 1.54) is 12.7 Å². The van der Waals surface area contributed by atoms with E-state index in [9.17, 15) is 4.79 Å².